The van der Waals surface area contributed by atoms with E-state index in [9.17, 15) is 4.79 Å². The molecule has 0 fully saturated rings. The fourth-order valence-corrected chi connectivity index (χ4v) is 2.15. The third-order valence-corrected chi connectivity index (χ3v) is 3.07. The quantitative estimate of drug-likeness (QED) is 0.516. The van der Waals surface area contributed by atoms with Gasteiger partial charge in [-0.3, -0.25) is 0 Å². The van der Waals surface area contributed by atoms with Crippen LogP contribution in [0, 0.1) is 0 Å². The van der Waals surface area contributed by atoms with Gasteiger partial charge in [0.05, 0.1) is 5.56 Å². The average molecular weight is 251 g/mol. The number of nitrogens with zero attached hydrogens (tertiary/aromatic N) is 1. The van der Waals surface area contributed by atoms with Crippen molar-refractivity contribution in [3.05, 3.63) is 66.4 Å². The Bertz CT molecular complexity index is 729. The predicted molar refractivity (Wildman–Crippen MR) is 74.3 cm³/mol. The minimum absolute atomic E-state index is 0.331. The van der Waals surface area contributed by atoms with E-state index >= 15 is 0 Å². The van der Waals surface area contributed by atoms with Gasteiger partial charge < -0.3 is 9.30 Å². The van der Waals surface area contributed by atoms with Crippen LogP contribution in [0.25, 0.3) is 10.9 Å². The van der Waals surface area contributed by atoms with Crippen LogP contribution in [0.4, 0.5) is 0 Å². The topological polar surface area (TPSA) is 31.2 Å². The monoisotopic (exact) mass is 251 g/mol. The Morgan fingerprint density at radius 3 is 2.47 bits per heavy atom. The van der Waals surface area contributed by atoms with Crippen LogP contribution < -0.4 is 4.74 Å². The summed E-state index contributed by atoms with van der Waals surface area (Å²) in [5.74, 6) is 0.225. The molecule has 0 spiro atoms. The molecular formula is C16H13NO2. The fourth-order valence-electron chi connectivity index (χ4n) is 2.15. The van der Waals surface area contributed by atoms with Gasteiger partial charge in [0.25, 0.3) is 0 Å². The number of ether oxygens (including phenoxy) is 1. The second-order valence-corrected chi connectivity index (χ2v) is 4.37. The molecule has 0 atom stereocenters. The zero-order chi connectivity index (χ0) is 13.2. The molecule has 0 saturated carbocycles. The van der Waals surface area contributed by atoms with Crippen molar-refractivity contribution in [1.29, 1.82) is 0 Å². The predicted octanol–water partition coefficient (Wildman–Crippen LogP) is 3.40. The lowest BCUT2D eigenvalue weighted by atomic mass is 10.2. The first kappa shape index (κ1) is 11.5. The molecule has 3 aromatic rings. The summed E-state index contributed by atoms with van der Waals surface area (Å²) in [7, 11) is 1.92. The summed E-state index contributed by atoms with van der Waals surface area (Å²) >= 11 is 0. The fraction of sp³-hybridized carbons (Fsp3) is 0.0625. The van der Waals surface area contributed by atoms with E-state index in [1.54, 1.807) is 18.3 Å². The highest BCUT2D eigenvalue weighted by atomic mass is 16.5. The van der Waals surface area contributed by atoms with Gasteiger partial charge in [-0.25, -0.2) is 4.79 Å². The summed E-state index contributed by atoms with van der Waals surface area (Å²) < 4.78 is 7.30. The van der Waals surface area contributed by atoms with Gasteiger partial charge >= 0.3 is 5.97 Å². The SMILES string of the molecule is Cn1cc(C(=O)Oc2ccccc2)c2ccccc21. The Hall–Kier alpha value is -2.55. The lowest BCUT2D eigenvalue weighted by Gasteiger charge is -2.02. The molecule has 1 aromatic heterocycles. The van der Waals surface area contributed by atoms with Crippen molar-refractivity contribution in [3.8, 4) is 5.75 Å². The average Bonchev–Trinajstić information content (AvgIpc) is 2.78. The highest BCUT2D eigenvalue weighted by Gasteiger charge is 2.15. The number of benzene rings is 2. The molecule has 0 saturated heterocycles. The van der Waals surface area contributed by atoms with Crippen LogP contribution in [-0.2, 0) is 7.05 Å². The van der Waals surface area contributed by atoms with Gasteiger partial charge in [-0.2, -0.15) is 0 Å². The third kappa shape index (κ3) is 2.10. The normalized spacial score (nSPS) is 10.6. The Kier molecular flexibility index (Phi) is 2.80. The summed E-state index contributed by atoms with van der Waals surface area (Å²) in [5, 5.41) is 0.908. The van der Waals surface area contributed by atoms with E-state index in [2.05, 4.69) is 0 Å². The van der Waals surface area contributed by atoms with Gasteiger partial charge in [0, 0.05) is 24.1 Å². The van der Waals surface area contributed by atoms with Crippen LogP contribution in [0.1, 0.15) is 10.4 Å². The minimum atomic E-state index is -0.331. The molecule has 3 rings (SSSR count). The van der Waals surface area contributed by atoms with E-state index in [0.29, 0.717) is 11.3 Å². The Morgan fingerprint density at radius 2 is 1.68 bits per heavy atom. The molecule has 1 heterocycles. The van der Waals surface area contributed by atoms with E-state index in [1.807, 2.05) is 54.1 Å². The lowest BCUT2D eigenvalue weighted by Crippen LogP contribution is -2.07. The number of rotatable bonds is 2. The molecular weight excluding hydrogens is 238 g/mol. The van der Waals surface area contributed by atoms with Crippen molar-refractivity contribution in [2.45, 2.75) is 0 Å². The molecule has 94 valence electrons. The van der Waals surface area contributed by atoms with Gasteiger partial charge in [-0.15, -0.1) is 0 Å². The van der Waals surface area contributed by atoms with Crippen molar-refractivity contribution in [3.63, 3.8) is 0 Å². The molecule has 2 aromatic carbocycles. The number of hydrogen-bond acceptors (Lipinski definition) is 2. The zero-order valence-corrected chi connectivity index (χ0v) is 10.5. The van der Waals surface area contributed by atoms with Crippen LogP contribution in [-0.4, -0.2) is 10.5 Å². The molecule has 0 aliphatic heterocycles. The molecule has 0 aliphatic carbocycles. The third-order valence-electron chi connectivity index (χ3n) is 3.07. The maximum atomic E-state index is 12.2. The highest BCUT2D eigenvalue weighted by molar-refractivity contribution is 6.05. The Morgan fingerprint density at radius 1 is 1.00 bits per heavy atom. The maximum Gasteiger partial charge on any atom is 0.345 e. The van der Waals surface area contributed by atoms with Crippen LogP contribution >= 0.6 is 0 Å². The maximum absolute atomic E-state index is 12.2. The van der Waals surface area contributed by atoms with E-state index in [1.165, 1.54) is 0 Å². The summed E-state index contributed by atoms with van der Waals surface area (Å²) in [6.45, 7) is 0. The summed E-state index contributed by atoms with van der Waals surface area (Å²) in [4.78, 5) is 12.2. The number of carbonyl (C=O) groups excluding carboxylic acids is 1. The van der Waals surface area contributed by atoms with Gasteiger partial charge in [0.1, 0.15) is 5.75 Å². The van der Waals surface area contributed by atoms with E-state index in [-0.39, 0.29) is 5.97 Å². The molecule has 3 heteroatoms. The highest BCUT2D eigenvalue weighted by Crippen LogP contribution is 2.22. The van der Waals surface area contributed by atoms with E-state index < -0.39 is 0 Å². The molecule has 19 heavy (non-hydrogen) atoms. The molecule has 0 unspecified atom stereocenters. The first-order chi connectivity index (χ1) is 9.25. The Balaban J connectivity index is 1.98. The second-order valence-electron chi connectivity index (χ2n) is 4.37. The first-order valence-electron chi connectivity index (χ1n) is 6.07. The number of carbonyl (C=O) groups is 1. The number of fused-ring (bicyclic) bond motifs is 1. The zero-order valence-electron chi connectivity index (χ0n) is 10.5. The first-order valence-corrected chi connectivity index (χ1v) is 6.07. The number of esters is 1. The summed E-state index contributed by atoms with van der Waals surface area (Å²) in [5.41, 5.74) is 1.60. The molecule has 0 radical (unpaired) electrons. The molecule has 3 nitrogen and oxygen atoms in total. The van der Waals surface area contributed by atoms with E-state index in [0.717, 1.165) is 10.9 Å². The van der Waals surface area contributed by atoms with Crippen molar-refractivity contribution in [1.82, 2.24) is 4.57 Å². The van der Waals surface area contributed by atoms with Gasteiger partial charge in [-0.1, -0.05) is 36.4 Å². The van der Waals surface area contributed by atoms with Crippen molar-refractivity contribution in [2.75, 3.05) is 0 Å². The van der Waals surface area contributed by atoms with Crippen molar-refractivity contribution >= 4 is 16.9 Å². The standard InChI is InChI=1S/C16H13NO2/c1-17-11-14(13-9-5-6-10-15(13)17)16(18)19-12-7-3-2-4-8-12/h2-11H,1H3. The Labute approximate surface area is 111 Å². The number of para-hydroxylation sites is 2. The molecule has 0 amide bonds. The van der Waals surface area contributed by atoms with Crippen molar-refractivity contribution < 1.29 is 9.53 Å². The minimum Gasteiger partial charge on any atom is -0.423 e. The lowest BCUT2D eigenvalue weighted by molar-refractivity contribution is 0.0736. The molecule has 0 N–H and O–H groups in total. The van der Waals surface area contributed by atoms with Crippen molar-refractivity contribution in [2.24, 2.45) is 7.05 Å². The number of aryl methyl sites for hydroxylation is 1. The van der Waals surface area contributed by atoms with Gasteiger partial charge in [0.15, 0.2) is 0 Å². The number of hydrogen-bond donors (Lipinski definition) is 0. The van der Waals surface area contributed by atoms with E-state index in [4.69, 9.17) is 4.74 Å². The number of aromatic nitrogens is 1. The smallest absolute Gasteiger partial charge is 0.345 e. The molecule has 0 aliphatic rings. The summed E-state index contributed by atoms with van der Waals surface area (Å²) in [6.07, 6.45) is 1.80. The molecule has 0 bridgehead atoms. The van der Waals surface area contributed by atoms with Gasteiger partial charge in [0.2, 0.25) is 0 Å². The van der Waals surface area contributed by atoms with Gasteiger partial charge in [-0.05, 0) is 18.2 Å². The largest absolute Gasteiger partial charge is 0.423 e. The second kappa shape index (κ2) is 4.61. The van der Waals surface area contributed by atoms with Crippen LogP contribution in [0.5, 0.6) is 5.75 Å². The van der Waals surface area contributed by atoms with Crippen LogP contribution in [0.15, 0.2) is 60.8 Å². The van der Waals surface area contributed by atoms with Crippen LogP contribution in [0.2, 0.25) is 0 Å². The van der Waals surface area contributed by atoms with Crippen LogP contribution in [0.3, 0.4) is 0 Å². The summed E-state index contributed by atoms with van der Waals surface area (Å²) in [6, 6.07) is 16.9.